The standard InChI is InChI=1S/C50H38O/c1-3-34(36-20-6-4-7-21-36)32-44(33(2)35-18-10-11-19-35)42-30-31-46-49(43-28-16-17-29-45(43)51-46)50(42)48-40-26-14-12-24-38(40)47(37-22-8-5-9-23-37)39-25-13-15-27-41(39)48/h3-33,35H,1-2H3/b34-3+,44-32+/t33-/m0/s1. The number of para-hydroxylation sites is 1. The highest BCUT2D eigenvalue weighted by Gasteiger charge is 2.27. The van der Waals surface area contributed by atoms with Crippen LogP contribution in [-0.2, 0) is 0 Å². The lowest BCUT2D eigenvalue weighted by molar-refractivity contribution is 0.636. The largest absolute Gasteiger partial charge is 0.456 e. The molecule has 1 heteroatoms. The second kappa shape index (κ2) is 12.9. The van der Waals surface area contributed by atoms with Gasteiger partial charge in [0.1, 0.15) is 11.2 Å². The predicted octanol–water partition coefficient (Wildman–Crippen LogP) is 14.1. The molecule has 0 saturated heterocycles. The average molecular weight is 655 g/mol. The molecule has 0 spiro atoms. The summed E-state index contributed by atoms with van der Waals surface area (Å²) >= 11 is 0. The zero-order valence-electron chi connectivity index (χ0n) is 28.9. The summed E-state index contributed by atoms with van der Waals surface area (Å²) in [6.07, 6.45) is 13.7. The molecular formula is C50H38O. The third-order valence-electron chi connectivity index (χ3n) is 10.7. The van der Waals surface area contributed by atoms with Crippen LogP contribution in [0.2, 0.25) is 0 Å². The van der Waals surface area contributed by atoms with Crippen LogP contribution in [0.3, 0.4) is 0 Å². The number of allylic oxidation sites excluding steroid dienone is 8. The van der Waals surface area contributed by atoms with Gasteiger partial charge in [0.25, 0.3) is 0 Å². The fourth-order valence-electron chi connectivity index (χ4n) is 8.21. The molecule has 0 saturated carbocycles. The molecule has 1 heterocycles. The monoisotopic (exact) mass is 654 g/mol. The van der Waals surface area contributed by atoms with E-state index in [4.69, 9.17) is 4.42 Å². The SMILES string of the molecule is C/C=C(\C=C(\c1ccc2oc3ccccc3c2c1-c1c2ccccc2c(-c2ccccc2)c2ccccc12)[C@@H](C)C1C=CC=C1)c1ccccc1. The lowest BCUT2D eigenvalue weighted by Crippen LogP contribution is -2.10. The van der Waals surface area contributed by atoms with E-state index in [0.29, 0.717) is 0 Å². The highest BCUT2D eigenvalue weighted by atomic mass is 16.3. The topological polar surface area (TPSA) is 13.1 Å². The summed E-state index contributed by atoms with van der Waals surface area (Å²) in [5.41, 5.74) is 11.7. The minimum Gasteiger partial charge on any atom is -0.456 e. The van der Waals surface area contributed by atoms with Gasteiger partial charge < -0.3 is 4.42 Å². The molecule has 244 valence electrons. The van der Waals surface area contributed by atoms with Gasteiger partial charge in [-0.25, -0.2) is 0 Å². The molecule has 0 aliphatic heterocycles. The molecule has 0 unspecified atom stereocenters. The van der Waals surface area contributed by atoms with Crippen molar-refractivity contribution in [1.82, 2.24) is 0 Å². The van der Waals surface area contributed by atoms with Gasteiger partial charge in [-0.05, 0) is 85.5 Å². The minimum atomic E-state index is 0.203. The van der Waals surface area contributed by atoms with E-state index in [-0.39, 0.29) is 11.8 Å². The Morgan fingerprint density at radius 1 is 0.549 bits per heavy atom. The first-order chi connectivity index (χ1) is 25.2. The summed E-state index contributed by atoms with van der Waals surface area (Å²) in [5, 5.41) is 7.24. The van der Waals surface area contributed by atoms with Crippen molar-refractivity contribution in [2.45, 2.75) is 13.8 Å². The lowest BCUT2D eigenvalue weighted by Gasteiger charge is -2.26. The van der Waals surface area contributed by atoms with Crippen molar-refractivity contribution in [2.75, 3.05) is 0 Å². The van der Waals surface area contributed by atoms with Crippen molar-refractivity contribution >= 4 is 54.6 Å². The van der Waals surface area contributed by atoms with E-state index in [2.05, 4.69) is 196 Å². The first kappa shape index (κ1) is 30.8. The van der Waals surface area contributed by atoms with Gasteiger partial charge >= 0.3 is 0 Å². The molecule has 0 amide bonds. The minimum absolute atomic E-state index is 0.203. The van der Waals surface area contributed by atoms with Gasteiger partial charge in [0, 0.05) is 22.3 Å². The van der Waals surface area contributed by atoms with Gasteiger partial charge in [0.15, 0.2) is 0 Å². The van der Waals surface area contributed by atoms with E-state index in [0.717, 1.165) is 21.9 Å². The van der Waals surface area contributed by atoms with Crippen LogP contribution in [0.5, 0.6) is 0 Å². The maximum atomic E-state index is 6.65. The van der Waals surface area contributed by atoms with E-state index < -0.39 is 0 Å². The van der Waals surface area contributed by atoms with E-state index in [1.165, 1.54) is 66.1 Å². The van der Waals surface area contributed by atoms with Gasteiger partial charge in [-0.3, -0.25) is 0 Å². The molecule has 1 atom stereocenters. The van der Waals surface area contributed by atoms with Crippen molar-refractivity contribution in [3.63, 3.8) is 0 Å². The smallest absolute Gasteiger partial charge is 0.136 e. The van der Waals surface area contributed by atoms with Crippen LogP contribution in [0.1, 0.15) is 25.0 Å². The maximum absolute atomic E-state index is 6.65. The molecule has 0 fully saturated rings. The second-order valence-electron chi connectivity index (χ2n) is 13.5. The summed E-state index contributed by atoms with van der Waals surface area (Å²) in [5.74, 6) is 0.484. The van der Waals surface area contributed by atoms with Crippen LogP contribution >= 0.6 is 0 Å². The number of hydrogen-bond acceptors (Lipinski definition) is 1. The summed E-state index contributed by atoms with van der Waals surface area (Å²) in [6, 6.07) is 52.5. The molecule has 1 aliphatic rings. The molecule has 8 aromatic rings. The summed E-state index contributed by atoms with van der Waals surface area (Å²) < 4.78 is 6.65. The first-order valence-corrected chi connectivity index (χ1v) is 17.9. The van der Waals surface area contributed by atoms with Crippen LogP contribution in [0, 0.1) is 11.8 Å². The fraction of sp³-hybridized carbons (Fsp3) is 0.0800. The molecule has 1 aromatic heterocycles. The predicted molar refractivity (Wildman–Crippen MR) is 219 cm³/mol. The second-order valence-corrected chi connectivity index (χ2v) is 13.5. The van der Waals surface area contributed by atoms with E-state index in [1.807, 2.05) is 0 Å². The fourth-order valence-corrected chi connectivity index (χ4v) is 8.21. The molecule has 0 bridgehead atoms. The average Bonchev–Trinajstić information content (AvgIpc) is 3.87. The van der Waals surface area contributed by atoms with Gasteiger partial charge in [0.05, 0.1) is 0 Å². The number of furan rings is 1. The van der Waals surface area contributed by atoms with Crippen molar-refractivity contribution in [3.8, 4) is 22.3 Å². The Balaban J connectivity index is 1.46. The number of fused-ring (bicyclic) bond motifs is 5. The summed E-state index contributed by atoms with van der Waals surface area (Å²) in [7, 11) is 0. The molecular weight excluding hydrogens is 617 g/mol. The molecule has 51 heavy (non-hydrogen) atoms. The highest BCUT2D eigenvalue weighted by Crippen LogP contribution is 2.50. The molecule has 1 nitrogen and oxygen atoms in total. The third-order valence-corrected chi connectivity index (χ3v) is 10.7. The Hall–Kier alpha value is -6.18. The van der Waals surface area contributed by atoms with Crippen molar-refractivity contribution in [1.29, 1.82) is 0 Å². The quantitative estimate of drug-likeness (QED) is 0.123. The molecule has 7 aromatic carbocycles. The van der Waals surface area contributed by atoms with Crippen LogP contribution < -0.4 is 0 Å². The van der Waals surface area contributed by atoms with Gasteiger partial charge in [0.2, 0.25) is 0 Å². The highest BCUT2D eigenvalue weighted by molar-refractivity contribution is 6.27. The van der Waals surface area contributed by atoms with Gasteiger partial charge in [-0.2, -0.15) is 0 Å². The van der Waals surface area contributed by atoms with E-state index in [9.17, 15) is 0 Å². The Bertz CT molecular complexity index is 2630. The molecule has 1 aliphatic carbocycles. The number of rotatable bonds is 7. The third kappa shape index (κ3) is 5.25. The maximum Gasteiger partial charge on any atom is 0.136 e. The molecule has 0 radical (unpaired) electrons. The van der Waals surface area contributed by atoms with Crippen LogP contribution in [0.4, 0.5) is 0 Å². The van der Waals surface area contributed by atoms with Crippen molar-refractivity contribution in [3.05, 3.63) is 193 Å². The summed E-state index contributed by atoms with van der Waals surface area (Å²) in [6.45, 7) is 4.53. The van der Waals surface area contributed by atoms with Crippen LogP contribution in [0.15, 0.2) is 186 Å². The Morgan fingerprint density at radius 2 is 1.10 bits per heavy atom. The molecule has 0 N–H and O–H groups in total. The van der Waals surface area contributed by atoms with E-state index in [1.54, 1.807) is 0 Å². The molecule has 9 rings (SSSR count). The number of benzene rings is 7. The zero-order chi connectivity index (χ0) is 34.3. The Kier molecular flexibility index (Phi) is 7.82. The summed E-state index contributed by atoms with van der Waals surface area (Å²) in [4.78, 5) is 0. The van der Waals surface area contributed by atoms with Crippen molar-refractivity contribution < 1.29 is 4.42 Å². The van der Waals surface area contributed by atoms with Crippen molar-refractivity contribution in [2.24, 2.45) is 11.8 Å². The lowest BCUT2D eigenvalue weighted by atomic mass is 9.77. The van der Waals surface area contributed by atoms with Crippen LogP contribution in [-0.4, -0.2) is 0 Å². The normalized spacial score (nSPS) is 14.4. The van der Waals surface area contributed by atoms with Crippen LogP contribution in [0.25, 0.3) is 76.9 Å². The zero-order valence-corrected chi connectivity index (χ0v) is 28.9. The first-order valence-electron chi connectivity index (χ1n) is 17.9. The van der Waals surface area contributed by atoms with Gasteiger partial charge in [-0.15, -0.1) is 0 Å². The van der Waals surface area contributed by atoms with E-state index >= 15 is 0 Å². The number of hydrogen-bond donors (Lipinski definition) is 0. The Morgan fingerprint density at radius 3 is 1.73 bits per heavy atom. The van der Waals surface area contributed by atoms with Gasteiger partial charge in [-0.1, -0.05) is 177 Å². The Labute approximate surface area is 299 Å².